The normalized spacial score (nSPS) is 16.1. The molecule has 1 fully saturated rings. The van der Waals surface area contributed by atoms with Gasteiger partial charge in [0, 0.05) is 18.5 Å². The number of piperidine rings is 1. The van der Waals surface area contributed by atoms with E-state index in [1.807, 2.05) is 18.2 Å². The Bertz CT molecular complexity index is 990. The molecule has 0 N–H and O–H groups in total. The van der Waals surface area contributed by atoms with E-state index in [0.29, 0.717) is 15.6 Å². The zero-order valence-corrected chi connectivity index (χ0v) is 16.7. The molecule has 6 heteroatoms. The molecular weight excluding hydrogens is 381 g/mol. The first kappa shape index (κ1) is 18.5. The van der Waals surface area contributed by atoms with Gasteiger partial charge in [-0.1, -0.05) is 35.3 Å². The number of imidazole rings is 1. The van der Waals surface area contributed by atoms with E-state index in [4.69, 9.17) is 28.2 Å². The molecule has 2 aromatic carbocycles. The summed E-state index contributed by atoms with van der Waals surface area (Å²) in [5, 5.41) is 0.910. The molecule has 0 atom stereocenters. The molecule has 0 unspecified atom stereocenters. The Morgan fingerprint density at radius 3 is 2.56 bits per heavy atom. The molecule has 0 spiro atoms. The van der Waals surface area contributed by atoms with Crippen molar-refractivity contribution in [2.45, 2.75) is 19.4 Å². The lowest BCUT2D eigenvalue weighted by Crippen LogP contribution is -2.36. The largest absolute Gasteiger partial charge is 0.330 e. The van der Waals surface area contributed by atoms with Crippen LogP contribution >= 0.6 is 23.2 Å². The third-order valence-corrected chi connectivity index (χ3v) is 6.15. The highest BCUT2D eigenvalue weighted by Crippen LogP contribution is 2.27. The molecule has 1 aliphatic heterocycles. The molecule has 1 aromatic heterocycles. The average Bonchev–Trinajstić information content (AvgIpc) is 3.00. The van der Waals surface area contributed by atoms with Gasteiger partial charge in [-0.25, -0.2) is 4.98 Å². The topological polar surface area (TPSA) is 38.1 Å². The molecule has 27 heavy (non-hydrogen) atoms. The van der Waals surface area contributed by atoms with E-state index in [-0.39, 0.29) is 11.7 Å². The van der Waals surface area contributed by atoms with Crippen LogP contribution < -0.4 is 0 Å². The first-order valence-electron chi connectivity index (χ1n) is 9.15. The average molecular weight is 402 g/mol. The number of Topliss-reactive ketones (excluding diaryl/α,β-unsaturated/α-hetero) is 1. The van der Waals surface area contributed by atoms with Gasteiger partial charge in [-0.3, -0.25) is 9.69 Å². The fourth-order valence-electron chi connectivity index (χ4n) is 3.78. The number of hydrogen-bond acceptors (Lipinski definition) is 3. The van der Waals surface area contributed by atoms with Gasteiger partial charge >= 0.3 is 0 Å². The zero-order valence-electron chi connectivity index (χ0n) is 15.2. The highest BCUT2D eigenvalue weighted by molar-refractivity contribution is 6.42. The number of fused-ring (bicyclic) bond motifs is 1. The van der Waals surface area contributed by atoms with E-state index >= 15 is 0 Å². The summed E-state index contributed by atoms with van der Waals surface area (Å²) in [6.45, 7) is 2.58. The molecule has 0 saturated carbocycles. The van der Waals surface area contributed by atoms with Crippen molar-refractivity contribution in [2.24, 2.45) is 13.0 Å². The van der Waals surface area contributed by atoms with Crippen molar-refractivity contribution < 1.29 is 4.79 Å². The van der Waals surface area contributed by atoms with Crippen molar-refractivity contribution in [2.75, 3.05) is 13.1 Å². The number of para-hydroxylation sites is 2. The quantitative estimate of drug-likeness (QED) is 0.578. The van der Waals surface area contributed by atoms with Gasteiger partial charge in [0.05, 0.1) is 27.6 Å². The number of benzene rings is 2. The summed E-state index contributed by atoms with van der Waals surface area (Å²) in [5.74, 6) is 1.26. The Hall–Kier alpha value is -1.88. The molecule has 4 nitrogen and oxygen atoms in total. The van der Waals surface area contributed by atoms with Gasteiger partial charge < -0.3 is 4.57 Å². The molecule has 0 amide bonds. The molecular formula is C21H21Cl2N3O. The molecule has 1 aliphatic rings. The fourth-order valence-corrected chi connectivity index (χ4v) is 4.07. The molecule has 1 saturated heterocycles. The minimum absolute atomic E-state index is 0.0407. The SMILES string of the molecule is Cn1c(CN2CCC(C(=O)c3ccc(Cl)c(Cl)c3)CC2)nc2ccccc21. The van der Waals surface area contributed by atoms with Crippen LogP contribution in [0.3, 0.4) is 0 Å². The molecule has 0 aliphatic carbocycles. The highest BCUT2D eigenvalue weighted by Gasteiger charge is 2.26. The number of aryl methyl sites for hydroxylation is 1. The second kappa shape index (κ2) is 7.63. The van der Waals surface area contributed by atoms with Crippen LogP contribution in [0.2, 0.25) is 10.0 Å². The molecule has 4 rings (SSSR count). The first-order chi connectivity index (χ1) is 13.0. The number of aromatic nitrogens is 2. The summed E-state index contributed by atoms with van der Waals surface area (Å²) >= 11 is 12.0. The van der Waals surface area contributed by atoms with Crippen molar-refractivity contribution in [3.63, 3.8) is 0 Å². The summed E-state index contributed by atoms with van der Waals surface area (Å²) in [6, 6.07) is 13.3. The molecule has 2 heterocycles. The van der Waals surface area contributed by atoms with E-state index in [2.05, 4.69) is 22.6 Å². The summed E-state index contributed by atoms with van der Waals surface area (Å²) < 4.78 is 2.16. The van der Waals surface area contributed by atoms with Gasteiger partial charge in [0.25, 0.3) is 0 Å². The van der Waals surface area contributed by atoms with Crippen molar-refractivity contribution in [1.29, 1.82) is 0 Å². The van der Waals surface area contributed by atoms with Crippen LogP contribution in [0.5, 0.6) is 0 Å². The van der Waals surface area contributed by atoms with Crippen LogP contribution in [-0.4, -0.2) is 33.3 Å². The summed E-state index contributed by atoms with van der Waals surface area (Å²) in [7, 11) is 2.06. The highest BCUT2D eigenvalue weighted by atomic mass is 35.5. The van der Waals surface area contributed by atoms with Crippen LogP contribution in [-0.2, 0) is 13.6 Å². The van der Waals surface area contributed by atoms with Crippen molar-refractivity contribution >= 4 is 40.0 Å². The lowest BCUT2D eigenvalue weighted by atomic mass is 9.89. The number of halogens is 2. The van der Waals surface area contributed by atoms with E-state index in [1.54, 1.807) is 18.2 Å². The number of nitrogens with zero attached hydrogens (tertiary/aromatic N) is 3. The Morgan fingerprint density at radius 2 is 1.85 bits per heavy atom. The Kier molecular flexibility index (Phi) is 5.22. The standard InChI is InChI=1S/C21H21Cl2N3O/c1-25-19-5-3-2-4-18(19)24-20(25)13-26-10-8-14(9-11-26)21(27)15-6-7-16(22)17(23)12-15/h2-7,12,14H,8-11,13H2,1H3. The summed E-state index contributed by atoms with van der Waals surface area (Å²) in [6.07, 6.45) is 1.70. The van der Waals surface area contributed by atoms with Gasteiger partial charge in [0.2, 0.25) is 0 Å². The Morgan fingerprint density at radius 1 is 1.11 bits per heavy atom. The number of carbonyl (C=O) groups excluding carboxylic acids is 1. The van der Waals surface area contributed by atoms with Crippen LogP contribution in [0, 0.1) is 5.92 Å². The molecule has 3 aromatic rings. The molecule has 0 bridgehead atoms. The monoisotopic (exact) mass is 401 g/mol. The lowest BCUT2D eigenvalue weighted by molar-refractivity contribution is 0.0832. The van der Waals surface area contributed by atoms with Gasteiger partial charge in [-0.2, -0.15) is 0 Å². The minimum Gasteiger partial charge on any atom is -0.330 e. The lowest BCUT2D eigenvalue weighted by Gasteiger charge is -2.31. The van der Waals surface area contributed by atoms with E-state index in [0.717, 1.165) is 49.3 Å². The third kappa shape index (κ3) is 3.75. The maximum atomic E-state index is 12.8. The van der Waals surface area contributed by atoms with Gasteiger partial charge in [-0.05, 0) is 56.3 Å². The maximum Gasteiger partial charge on any atom is 0.166 e. The Labute approximate surface area is 168 Å². The Balaban J connectivity index is 1.40. The smallest absolute Gasteiger partial charge is 0.166 e. The van der Waals surface area contributed by atoms with Gasteiger partial charge in [0.15, 0.2) is 5.78 Å². The van der Waals surface area contributed by atoms with Gasteiger partial charge in [-0.15, -0.1) is 0 Å². The van der Waals surface area contributed by atoms with Crippen LogP contribution in [0.4, 0.5) is 0 Å². The minimum atomic E-state index is 0.0407. The zero-order chi connectivity index (χ0) is 19.0. The number of likely N-dealkylation sites (tertiary alicyclic amines) is 1. The first-order valence-corrected chi connectivity index (χ1v) is 9.90. The van der Waals surface area contributed by atoms with Crippen molar-refractivity contribution in [1.82, 2.24) is 14.5 Å². The number of ketones is 1. The van der Waals surface area contributed by atoms with Crippen LogP contribution in [0.15, 0.2) is 42.5 Å². The van der Waals surface area contributed by atoms with E-state index in [1.165, 1.54) is 0 Å². The molecule has 0 radical (unpaired) electrons. The second-order valence-corrected chi connectivity index (χ2v) is 7.93. The van der Waals surface area contributed by atoms with Gasteiger partial charge in [0.1, 0.15) is 5.82 Å². The van der Waals surface area contributed by atoms with Crippen molar-refractivity contribution in [3.8, 4) is 0 Å². The second-order valence-electron chi connectivity index (χ2n) is 7.12. The predicted octanol–water partition coefficient (Wildman–Crippen LogP) is 4.98. The number of hydrogen-bond donors (Lipinski definition) is 0. The maximum absolute atomic E-state index is 12.8. The van der Waals surface area contributed by atoms with E-state index in [9.17, 15) is 4.79 Å². The number of carbonyl (C=O) groups is 1. The fraction of sp³-hybridized carbons (Fsp3) is 0.333. The summed E-state index contributed by atoms with van der Waals surface area (Å²) in [4.78, 5) is 19.9. The predicted molar refractivity (Wildman–Crippen MR) is 110 cm³/mol. The third-order valence-electron chi connectivity index (χ3n) is 5.41. The molecule has 140 valence electrons. The van der Waals surface area contributed by atoms with Crippen molar-refractivity contribution in [3.05, 3.63) is 63.9 Å². The van der Waals surface area contributed by atoms with E-state index < -0.39 is 0 Å². The van der Waals surface area contributed by atoms with Crippen LogP contribution in [0.25, 0.3) is 11.0 Å². The summed E-state index contributed by atoms with van der Waals surface area (Å²) in [5.41, 5.74) is 2.83. The van der Waals surface area contributed by atoms with Crippen LogP contribution in [0.1, 0.15) is 29.0 Å². The number of rotatable bonds is 4.